The Hall–Kier alpha value is -1.94. The van der Waals surface area contributed by atoms with E-state index in [-0.39, 0.29) is 27.8 Å². The lowest BCUT2D eigenvalue weighted by molar-refractivity contribution is 0.0697. The topological polar surface area (TPSA) is 88.3 Å². The standard InChI is InChI=1S/C17H10Br2Cl2N4O3/c1-24(14-9(17(27)28)5-8(20)6-10(14)18)16(26)12-7-13(19)23-25(12)15-11(21)3-2-4-22-15/h2-7H,1H3,(H,27,28). The lowest BCUT2D eigenvalue weighted by Crippen LogP contribution is -2.30. The van der Waals surface area contributed by atoms with Gasteiger partial charge in [-0.25, -0.2) is 14.5 Å². The van der Waals surface area contributed by atoms with Gasteiger partial charge in [-0.05, 0) is 56.1 Å². The first-order valence-electron chi connectivity index (χ1n) is 7.57. The molecule has 0 unspecified atom stereocenters. The summed E-state index contributed by atoms with van der Waals surface area (Å²) in [7, 11) is 1.45. The Morgan fingerprint density at radius 2 is 1.93 bits per heavy atom. The van der Waals surface area contributed by atoms with Crippen LogP contribution in [-0.4, -0.2) is 38.8 Å². The Labute approximate surface area is 186 Å². The van der Waals surface area contributed by atoms with Crippen molar-refractivity contribution in [3.05, 3.63) is 66.9 Å². The molecular formula is C17H10Br2Cl2N4O3. The zero-order valence-corrected chi connectivity index (χ0v) is 18.7. The van der Waals surface area contributed by atoms with Gasteiger partial charge in [-0.3, -0.25) is 4.79 Å². The number of carboxylic acids is 1. The first kappa shape index (κ1) is 20.8. The fourth-order valence-corrected chi connectivity index (χ4v) is 4.20. The number of carbonyl (C=O) groups is 2. The van der Waals surface area contributed by atoms with Crippen LogP contribution in [0, 0.1) is 0 Å². The van der Waals surface area contributed by atoms with Crippen LogP contribution in [0.4, 0.5) is 5.69 Å². The molecule has 0 atom stereocenters. The molecule has 1 amide bonds. The average Bonchev–Trinajstić information content (AvgIpc) is 3.01. The highest BCUT2D eigenvalue weighted by atomic mass is 79.9. The Morgan fingerprint density at radius 3 is 2.57 bits per heavy atom. The first-order chi connectivity index (χ1) is 13.2. The normalized spacial score (nSPS) is 10.8. The molecule has 3 rings (SSSR count). The molecule has 144 valence electrons. The summed E-state index contributed by atoms with van der Waals surface area (Å²) >= 11 is 18.7. The van der Waals surface area contributed by atoms with Crippen molar-refractivity contribution in [1.29, 1.82) is 0 Å². The van der Waals surface area contributed by atoms with E-state index in [1.54, 1.807) is 12.1 Å². The predicted octanol–water partition coefficient (Wildman–Crippen LogP) is 5.07. The van der Waals surface area contributed by atoms with Gasteiger partial charge in [0.15, 0.2) is 5.82 Å². The molecule has 1 aromatic carbocycles. The molecule has 0 aliphatic rings. The molecule has 0 aliphatic carbocycles. The van der Waals surface area contributed by atoms with Crippen molar-refractivity contribution in [2.24, 2.45) is 0 Å². The lowest BCUT2D eigenvalue weighted by Gasteiger charge is -2.21. The minimum Gasteiger partial charge on any atom is -0.478 e. The van der Waals surface area contributed by atoms with Gasteiger partial charge in [0.1, 0.15) is 10.3 Å². The second-order valence-corrected chi connectivity index (χ2v) is 8.04. The van der Waals surface area contributed by atoms with Gasteiger partial charge in [0.25, 0.3) is 5.91 Å². The lowest BCUT2D eigenvalue weighted by atomic mass is 10.1. The molecule has 7 nitrogen and oxygen atoms in total. The van der Waals surface area contributed by atoms with Crippen LogP contribution in [0.25, 0.3) is 5.82 Å². The van der Waals surface area contributed by atoms with Crippen molar-refractivity contribution < 1.29 is 14.7 Å². The number of nitrogens with zero attached hydrogens (tertiary/aromatic N) is 4. The Morgan fingerprint density at radius 1 is 1.21 bits per heavy atom. The second kappa shape index (κ2) is 8.20. The number of benzene rings is 1. The van der Waals surface area contributed by atoms with Crippen LogP contribution in [0.2, 0.25) is 10.0 Å². The minimum absolute atomic E-state index is 0.128. The van der Waals surface area contributed by atoms with Gasteiger partial charge in [-0.1, -0.05) is 23.2 Å². The summed E-state index contributed by atoms with van der Waals surface area (Å²) < 4.78 is 2.03. The van der Waals surface area contributed by atoms with Crippen molar-refractivity contribution in [3.63, 3.8) is 0 Å². The van der Waals surface area contributed by atoms with Gasteiger partial charge in [0.2, 0.25) is 0 Å². The maximum atomic E-state index is 13.2. The van der Waals surface area contributed by atoms with Gasteiger partial charge in [-0.15, -0.1) is 0 Å². The minimum atomic E-state index is -1.22. The summed E-state index contributed by atoms with van der Waals surface area (Å²) in [4.78, 5) is 30.2. The maximum absolute atomic E-state index is 13.2. The number of rotatable bonds is 4. The molecule has 2 heterocycles. The number of hydrogen-bond donors (Lipinski definition) is 1. The maximum Gasteiger partial charge on any atom is 0.337 e. The van der Waals surface area contributed by atoms with Crippen LogP contribution in [0.5, 0.6) is 0 Å². The van der Waals surface area contributed by atoms with Crippen molar-refractivity contribution >= 4 is 72.6 Å². The molecule has 3 aromatic rings. The van der Waals surface area contributed by atoms with Crippen molar-refractivity contribution in [2.45, 2.75) is 0 Å². The highest BCUT2D eigenvalue weighted by Crippen LogP contribution is 2.34. The number of amides is 1. The number of aromatic nitrogens is 3. The molecule has 0 spiro atoms. The molecule has 11 heteroatoms. The number of hydrogen-bond acceptors (Lipinski definition) is 4. The number of pyridine rings is 1. The third kappa shape index (κ3) is 3.93. The molecule has 0 aliphatic heterocycles. The Bertz CT molecular complexity index is 1100. The highest BCUT2D eigenvalue weighted by molar-refractivity contribution is 9.10. The molecule has 0 saturated carbocycles. The van der Waals surface area contributed by atoms with E-state index in [1.165, 1.54) is 41.0 Å². The predicted molar refractivity (Wildman–Crippen MR) is 113 cm³/mol. The van der Waals surface area contributed by atoms with Crippen molar-refractivity contribution in [2.75, 3.05) is 11.9 Å². The molecule has 0 fully saturated rings. The van der Waals surface area contributed by atoms with Gasteiger partial charge >= 0.3 is 5.97 Å². The molecule has 2 aromatic heterocycles. The van der Waals surface area contributed by atoms with Crippen LogP contribution in [0.15, 0.2) is 45.6 Å². The number of aromatic carboxylic acids is 1. The van der Waals surface area contributed by atoms with Crippen LogP contribution in [0.1, 0.15) is 20.8 Å². The number of carboxylic acid groups (broad SMARTS) is 1. The summed E-state index contributed by atoms with van der Waals surface area (Å²) in [5.41, 5.74) is 0.155. The molecule has 1 N–H and O–H groups in total. The molecular weight excluding hydrogens is 539 g/mol. The SMILES string of the molecule is CN(C(=O)c1cc(Br)nn1-c1ncccc1Cl)c1c(Br)cc(Cl)cc1C(=O)O. The summed E-state index contributed by atoms with van der Waals surface area (Å²) in [6, 6.07) is 7.55. The van der Waals surface area contributed by atoms with E-state index >= 15 is 0 Å². The van der Waals surface area contributed by atoms with E-state index in [2.05, 4.69) is 41.9 Å². The molecule has 0 saturated heterocycles. The summed E-state index contributed by atoms with van der Waals surface area (Å²) in [6.07, 6.45) is 1.52. The third-order valence-corrected chi connectivity index (χ3v) is 5.24. The smallest absolute Gasteiger partial charge is 0.337 e. The Balaban J connectivity index is 2.13. The fourth-order valence-electron chi connectivity index (χ4n) is 2.54. The van der Waals surface area contributed by atoms with Gasteiger partial charge in [-0.2, -0.15) is 5.10 Å². The summed E-state index contributed by atoms with van der Waals surface area (Å²) in [6.45, 7) is 0. The first-order valence-corrected chi connectivity index (χ1v) is 9.91. The highest BCUT2D eigenvalue weighted by Gasteiger charge is 2.27. The molecule has 0 bridgehead atoms. The van der Waals surface area contributed by atoms with E-state index < -0.39 is 11.9 Å². The van der Waals surface area contributed by atoms with Crippen molar-refractivity contribution in [1.82, 2.24) is 14.8 Å². The van der Waals surface area contributed by atoms with Crippen LogP contribution < -0.4 is 4.90 Å². The van der Waals surface area contributed by atoms with E-state index in [4.69, 9.17) is 23.2 Å². The quantitative estimate of drug-likeness (QED) is 0.491. The van der Waals surface area contributed by atoms with E-state index in [0.717, 1.165) is 0 Å². The van der Waals surface area contributed by atoms with Crippen LogP contribution in [0.3, 0.4) is 0 Å². The van der Waals surface area contributed by atoms with E-state index in [1.807, 2.05) is 0 Å². The molecule has 0 radical (unpaired) electrons. The zero-order chi connectivity index (χ0) is 20.6. The molecule has 28 heavy (non-hydrogen) atoms. The Kier molecular flexibility index (Phi) is 6.09. The zero-order valence-electron chi connectivity index (χ0n) is 14.0. The third-order valence-electron chi connectivity index (χ3n) is 3.74. The second-order valence-electron chi connectivity index (χ2n) is 5.53. The summed E-state index contributed by atoms with van der Waals surface area (Å²) in [5.74, 6) is -1.48. The monoisotopic (exact) mass is 546 g/mol. The van der Waals surface area contributed by atoms with Gasteiger partial charge in [0.05, 0.1) is 16.3 Å². The summed E-state index contributed by atoms with van der Waals surface area (Å²) in [5, 5.41) is 14.3. The van der Waals surface area contributed by atoms with Gasteiger partial charge in [0, 0.05) is 28.8 Å². The van der Waals surface area contributed by atoms with Crippen LogP contribution in [-0.2, 0) is 0 Å². The van der Waals surface area contributed by atoms with E-state index in [9.17, 15) is 14.7 Å². The number of anilines is 1. The van der Waals surface area contributed by atoms with Gasteiger partial charge < -0.3 is 10.0 Å². The van der Waals surface area contributed by atoms with Crippen LogP contribution >= 0.6 is 55.1 Å². The number of carbonyl (C=O) groups excluding carboxylic acids is 1. The number of halogens is 4. The average molecular weight is 549 g/mol. The van der Waals surface area contributed by atoms with E-state index in [0.29, 0.717) is 14.1 Å². The fraction of sp³-hybridized carbons (Fsp3) is 0.0588. The largest absolute Gasteiger partial charge is 0.478 e. The van der Waals surface area contributed by atoms with Crippen molar-refractivity contribution in [3.8, 4) is 5.82 Å².